The fourth-order valence-electron chi connectivity index (χ4n) is 3.63. The SMILES string of the molecule is Cc1nc2cccc(-c3cc4c([nH]3)C(CCOCCN=[N+]=[N-])CNC4=O)c2nc1F. The zero-order valence-electron chi connectivity index (χ0n) is 16.4. The van der Waals surface area contributed by atoms with E-state index in [4.69, 9.17) is 10.3 Å². The molecule has 3 heterocycles. The Labute approximate surface area is 171 Å². The van der Waals surface area contributed by atoms with E-state index in [1.807, 2.05) is 12.1 Å². The normalized spacial score (nSPS) is 15.5. The van der Waals surface area contributed by atoms with Gasteiger partial charge in [0.15, 0.2) is 0 Å². The summed E-state index contributed by atoms with van der Waals surface area (Å²) >= 11 is 0. The molecule has 30 heavy (non-hydrogen) atoms. The number of H-pyrrole nitrogens is 1. The van der Waals surface area contributed by atoms with Crippen LogP contribution in [0.5, 0.6) is 0 Å². The second-order valence-corrected chi connectivity index (χ2v) is 7.05. The van der Waals surface area contributed by atoms with E-state index in [9.17, 15) is 9.18 Å². The van der Waals surface area contributed by atoms with Crippen LogP contribution < -0.4 is 5.32 Å². The number of aromatic amines is 1. The van der Waals surface area contributed by atoms with Gasteiger partial charge in [-0.1, -0.05) is 17.2 Å². The Morgan fingerprint density at radius 1 is 1.33 bits per heavy atom. The average Bonchev–Trinajstić information content (AvgIpc) is 3.19. The first-order valence-corrected chi connectivity index (χ1v) is 9.61. The summed E-state index contributed by atoms with van der Waals surface area (Å²) in [5.74, 6) is -0.716. The van der Waals surface area contributed by atoms with Gasteiger partial charge < -0.3 is 15.0 Å². The van der Waals surface area contributed by atoms with Crippen LogP contribution in [0, 0.1) is 12.9 Å². The van der Waals surface area contributed by atoms with Crippen LogP contribution in [-0.4, -0.2) is 47.2 Å². The van der Waals surface area contributed by atoms with Crippen LogP contribution in [0.4, 0.5) is 4.39 Å². The van der Waals surface area contributed by atoms with Gasteiger partial charge in [-0.25, -0.2) is 9.97 Å². The number of hydrogen-bond acceptors (Lipinski definition) is 5. The molecule has 0 radical (unpaired) electrons. The maximum atomic E-state index is 14.1. The highest BCUT2D eigenvalue weighted by Gasteiger charge is 2.28. The highest BCUT2D eigenvalue weighted by Crippen LogP contribution is 2.33. The second kappa shape index (κ2) is 8.48. The van der Waals surface area contributed by atoms with Gasteiger partial charge in [-0.05, 0) is 31.0 Å². The summed E-state index contributed by atoms with van der Waals surface area (Å²) in [6.45, 7) is 3.18. The van der Waals surface area contributed by atoms with Crippen molar-refractivity contribution in [3.05, 3.63) is 57.6 Å². The van der Waals surface area contributed by atoms with Crippen molar-refractivity contribution in [2.45, 2.75) is 19.3 Å². The lowest BCUT2D eigenvalue weighted by Gasteiger charge is -2.22. The van der Waals surface area contributed by atoms with Gasteiger partial charge >= 0.3 is 0 Å². The number of carbonyl (C=O) groups is 1. The molecule has 1 aliphatic heterocycles. The van der Waals surface area contributed by atoms with Crippen LogP contribution in [0.25, 0.3) is 32.7 Å². The number of aromatic nitrogens is 3. The molecule has 2 aromatic heterocycles. The van der Waals surface area contributed by atoms with Crippen molar-refractivity contribution >= 4 is 16.9 Å². The molecule has 0 bridgehead atoms. The third kappa shape index (κ3) is 3.83. The van der Waals surface area contributed by atoms with E-state index in [1.54, 1.807) is 19.1 Å². The summed E-state index contributed by atoms with van der Waals surface area (Å²) in [7, 11) is 0. The summed E-state index contributed by atoms with van der Waals surface area (Å²) in [4.78, 5) is 26.8. The van der Waals surface area contributed by atoms with Crippen molar-refractivity contribution in [3.8, 4) is 11.3 Å². The number of nitrogens with zero attached hydrogens (tertiary/aromatic N) is 5. The van der Waals surface area contributed by atoms with Gasteiger partial charge in [0.1, 0.15) is 5.52 Å². The van der Waals surface area contributed by atoms with E-state index >= 15 is 0 Å². The van der Waals surface area contributed by atoms with Gasteiger partial charge in [-0.3, -0.25) is 4.79 Å². The number of para-hydroxylation sites is 1. The minimum Gasteiger partial charge on any atom is -0.381 e. The van der Waals surface area contributed by atoms with Crippen molar-refractivity contribution in [2.75, 3.05) is 26.3 Å². The van der Waals surface area contributed by atoms with Gasteiger partial charge in [0, 0.05) is 47.5 Å². The number of azide groups is 1. The van der Waals surface area contributed by atoms with Gasteiger partial charge in [0.25, 0.3) is 5.91 Å². The number of amides is 1. The van der Waals surface area contributed by atoms with E-state index < -0.39 is 5.95 Å². The zero-order valence-corrected chi connectivity index (χ0v) is 16.4. The summed E-state index contributed by atoms with van der Waals surface area (Å²) in [6.07, 6.45) is 0.687. The number of nitrogens with one attached hydrogen (secondary N) is 2. The van der Waals surface area contributed by atoms with Gasteiger partial charge in [-0.2, -0.15) is 4.39 Å². The van der Waals surface area contributed by atoms with Gasteiger partial charge in [-0.15, -0.1) is 0 Å². The number of benzene rings is 1. The Bertz CT molecular complexity index is 1150. The molecule has 3 aromatic rings. The second-order valence-electron chi connectivity index (χ2n) is 7.05. The summed E-state index contributed by atoms with van der Waals surface area (Å²) < 4.78 is 19.6. The number of aryl methyl sites for hydroxylation is 1. The van der Waals surface area contributed by atoms with Crippen molar-refractivity contribution in [1.82, 2.24) is 20.3 Å². The van der Waals surface area contributed by atoms with E-state index in [2.05, 4.69) is 30.3 Å². The van der Waals surface area contributed by atoms with Crippen molar-refractivity contribution in [1.29, 1.82) is 0 Å². The molecule has 10 heteroatoms. The molecule has 0 aliphatic carbocycles. The molecule has 0 saturated carbocycles. The number of hydrogen-bond donors (Lipinski definition) is 2. The Balaban J connectivity index is 1.62. The number of halogens is 1. The topological polar surface area (TPSA) is 129 Å². The number of rotatable bonds is 7. The molecule has 1 unspecified atom stereocenters. The molecule has 2 N–H and O–H groups in total. The van der Waals surface area contributed by atoms with Crippen LogP contribution in [0.3, 0.4) is 0 Å². The summed E-state index contributed by atoms with van der Waals surface area (Å²) in [5.41, 5.74) is 12.3. The minimum atomic E-state index is -0.611. The molecule has 1 amide bonds. The fourth-order valence-corrected chi connectivity index (χ4v) is 3.63. The molecule has 9 nitrogen and oxygen atoms in total. The molecule has 154 valence electrons. The Hall–Kier alpha value is -3.49. The number of fused-ring (bicyclic) bond motifs is 2. The molecule has 1 aromatic carbocycles. The molecule has 1 aliphatic rings. The lowest BCUT2D eigenvalue weighted by Crippen LogP contribution is -2.35. The third-order valence-corrected chi connectivity index (χ3v) is 5.12. The first-order valence-electron chi connectivity index (χ1n) is 9.61. The van der Waals surface area contributed by atoms with Gasteiger partial charge in [0.2, 0.25) is 5.95 Å². The highest BCUT2D eigenvalue weighted by molar-refractivity contribution is 5.99. The zero-order chi connectivity index (χ0) is 21.1. The molecule has 1 atom stereocenters. The molecule has 4 rings (SSSR count). The predicted molar refractivity (Wildman–Crippen MR) is 109 cm³/mol. The molecule has 0 fully saturated rings. The van der Waals surface area contributed by atoms with Crippen LogP contribution >= 0.6 is 0 Å². The van der Waals surface area contributed by atoms with Crippen molar-refractivity contribution < 1.29 is 13.9 Å². The average molecular weight is 409 g/mol. The fraction of sp³-hybridized carbons (Fsp3) is 0.350. The van der Waals surface area contributed by atoms with E-state index in [1.165, 1.54) is 0 Å². The first kappa shape index (κ1) is 19.8. The highest BCUT2D eigenvalue weighted by atomic mass is 19.1. The molecular weight excluding hydrogens is 389 g/mol. The monoisotopic (exact) mass is 409 g/mol. The maximum absolute atomic E-state index is 14.1. The smallest absolute Gasteiger partial charge is 0.253 e. The van der Waals surface area contributed by atoms with Crippen LogP contribution in [-0.2, 0) is 4.74 Å². The largest absolute Gasteiger partial charge is 0.381 e. The number of ether oxygens (including phenoxy) is 1. The minimum absolute atomic E-state index is 0.0472. The van der Waals surface area contributed by atoms with Crippen molar-refractivity contribution in [3.63, 3.8) is 0 Å². The Morgan fingerprint density at radius 2 is 2.20 bits per heavy atom. The lowest BCUT2D eigenvalue weighted by molar-refractivity contribution is 0.0928. The third-order valence-electron chi connectivity index (χ3n) is 5.12. The van der Waals surface area contributed by atoms with E-state index in [-0.39, 0.29) is 24.1 Å². The van der Waals surface area contributed by atoms with E-state index in [0.29, 0.717) is 54.0 Å². The lowest BCUT2D eigenvalue weighted by atomic mass is 9.95. The quantitative estimate of drug-likeness (QED) is 0.267. The van der Waals surface area contributed by atoms with Crippen LogP contribution in [0.2, 0.25) is 0 Å². The Morgan fingerprint density at radius 3 is 3.03 bits per heavy atom. The first-order chi connectivity index (χ1) is 14.6. The number of carbonyl (C=O) groups excluding carboxylic acids is 1. The van der Waals surface area contributed by atoms with Crippen LogP contribution in [0.15, 0.2) is 29.4 Å². The summed E-state index contributed by atoms with van der Waals surface area (Å²) in [6, 6.07) is 7.21. The van der Waals surface area contributed by atoms with E-state index in [0.717, 1.165) is 5.69 Å². The van der Waals surface area contributed by atoms with Gasteiger partial charge in [0.05, 0.1) is 23.4 Å². The summed E-state index contributed by atoms with van der Waals surface area (Å²) in [5, 5.41) is 6.33. The Kier molecular flexibility index (Phi) is 5.60. The van der Waals surface area contributed by atoms with Crippen molar-refractivity contribution in [2.24, 2.45) is 5.11 Å². The molecule has 0 spiro atoms. The predicted octanol–water partition coefficient (Wildman–Crippen LogP) is 3.62. The molecular formula is C20H20FN7O2. The maximum Gasteiger partial charge on any atom is 0.253 e. The molecule has 0 saturated heterocycles. The standard InChI is InChI=1S/C20H20FN7O2/c1-11-19(21)27-18-13(3-2-4-15(18)25-11)16-9-14-17(26-16)12(10-23-20(14)29)5-7-30-8-6-24-28-22/h2-4,9,12,26H,5-8,10H2,1H3,(H,23,29). The van der Waals surface area contributed by atoms with Crippen LogP contribution in [0.1, 0.15) is 34.1 Å².